The molecule has 5 aromatic carbocycles. The zero-order valence-corrected chi connectivity index (χ0v) is 61.6. The number of carbonyl (C=O) groups is 7. The molecule has 0 spiro atoms. The molecule has 0 aliphatic carbocycles. The van der Waals surface area contributed by atoms with Crippen LogP contribution in [-0.4, -0.2) is 235 Å². The Morgan fingerprint density at radius 3 is 1.27 bits per heavy atom. The third-order valence-electron chi connectivity index (χ3n) is 18.7. The number of rotatable bonds is 15. The second kappa shape index (κ2) is 40.1. The van der Waals surface area contributed by atoms with Crippen LogP contribution in [0.5, 0.6) is 11.5 Å². The Morgan fingerprint density at radius 1 is 0.389 bits per heavy atom. The van der Waals surface area contributed by atoms with E-state index in [4.69, 9.17) is 52.1 Å². The Balaban J connectivity index is 0.000000165. The van der Waals surface area contributed by atoms with Crippen LogP contribution in [0.25, 0.3) is 0 Å². The summed E-state index contributed by atoms with van der Waals surface area (Å²) in [6.07, 6.45) is -3.22. The predicted molar refractivity (Wildman–Crippen MR) is 399 cm³/mol. The second-order valence-corrected chi connectivity index (χ2v) is 27.3. The maximum absolute atomic E-state index is 13.6. The molecule has 7 atom stereocenters. The van der Waals surface area contributed by atoms with E-state index < -0.39 is 102 Å². The molecule has 7 saturated heterocycles. The summed E-state index contributed by atoms with van der Waals surface area (Å²) in [5.74, 6) is -9.08. The minimum atomic E-state index is -1.22. The van der Waals surface area contributed by atoms with E-state index in [2.05, 4.69) is 9.97 Å². The van der Waals surface area contributed by atoms with Gasteiger partial charge in [0.2, 0.25) is 0 Å². The van der Waals surface area contributed by atoms with Crippen molar-refractivity contribution >= 4 is 93.5 Å². The van der Waals surface area contributed by atoms with Gasteiger partial charge < -0.3 is 79.9 Å². The van der Waals surface area contributed by atoms with Gasteiger partial charge in [0.15, 0.2) is 17.3 Å². The summed E-state index contributed by atoms with van der Waals surface area (Å²) in [6.45, 7) is 7.13. The van der Waals surface area contributed by atoms with Crippen molar-refractivity contribution in [2.24, 2.45) is 0 Å². The van der Waals surface area contributed by atoms with Gasteiger partial charge in [0.25, 0.3) is 0 Å². The van der Waals surface area contributed by atoms with Crippen molar-refractivity contribution in [3.63, 3.8) is 0 Å². The van der Waals surface area contributed by atoms with Crippen molar-refractivity contribution in [3.8, 4) is 11.5 Å². The fourth-order valence-corrected chi connectivity index (χ4v) is 13.2. The molecule has 2 aromatic heterocycles. The maximum atomic E-state index is 13.6. The predicted octanol–water partition coefficient (Wildman–Crippen LogP) is 13.4. The number of nitrogens with zero attached hydrogens (tertiary/aromatic N) is 9. The SMILES string of the molecule is COc1ccc(N2CC[C@H](F)C2)cc1C(=O)O.Cc1cc(C(=O)O)cc(N2CC[C@H](F)C2)c1.O=C(O)c1cc(N2CC[C@H](F)C2)ccc1O.O=C(O)c1ccc(F)c(N2CC[C@H](F)C2)n1.O=C(O)c1ccc(F)cc1N1CC[C@H](F)C1.O=C(O)c1ccc(N2CC[C@H](F)C2)c(F)c1.O=C(O)c1ccc(N2CC[C@H](F)C2)nc1Cl. The maximum Gasteiger partial charge on any atom is 0.354 e. The van der Waals surface area contributed by atoms with Crippen molar-refractivity contribution in [2.45, 2.75) is 95.1 Å². The number of alkyl halides is 7. The molecule has 7 aromatic rings. The monoisotopic (exact) mass is 1610 g/mol. The summed E-state index contributed by atoms with van der Waals surface area (Å²) >= 11 is 5.73. The normalized spacial score (nSPS) is 20.0. The molecular formula is C77H82ClF10N9O16. The standard InChI is InChI=1S/C12H14FNO3.C12H14FNO2.2C11H11F2NO2.C11H12FNO3.C10H10ClFN2O2.C10H10F2N2O2/c1-17-11-3-2-9(6-10(11)12(15)16)14-5-4-8(13)7-14;1-8-4-9(12(15)16)6-11(5-8)14-3-2-10(13)7-14;12-8-3-4-14(6-8)10-2-1-7(11(15)16)5-9(10)13;12-7-1-2-9(11(15)16)10(5-7)14-4-3-8(13)6-14;12-7-3-4-13(6-7)8-1-2-10(14)9(5-8)11(15)16;11-9-7(10(15)16)1-2-8(13-9)14-4-3-6(12)5-14;11-6-3-4-14(5-6)9-7(12)1-2-8(13-9)10(15)16/h2-3,6,8H,4-5,7H2,1H3,(H,15,16);4-6,10H,2-3,7H2,1H3,(H,15,16);2*1-2,5,8H,3-4,6H2,(H,15,16);1-2,5,7,14H,3-4,6H2,(H,15,16);2*1-2,6H,3-5H2,(H,15,16)/t8-;10-;2*8-;7-;2*6-/m0000000/s1. The Kier molecular flexibility index (Phi) is 30.9. The lowest BCUT2D eigenvalue weighted by atomic mass is 10.1. The van der Waals surface area contributed by atoms with Gasteiger partial charge in [-0.25, -0.2) is 87.4 Å². The highest BCUT2D eigenvalue weighted by atomic mass is 35.5. The summed E-state index contributed by atoms with van der Waals surface area (Å²) in [7, 11) is 1.43. The van der Waals surface area contributed by atoms with Gasteiger partial charge in [0.1, 0.15) is 88.4 Å². The van der Waals surface area contributed by atoms with Gasteiger partial charge in [0.05, 0.1) is 53.8 Å². The number of pyridine rings is 2. The van der Waals surface area contributed by atoms with Crippen LogP contribution in [-0.2, 0) is 0 Å². The number of methoxy groups -OCH3 is 1. The minimum Gasteiger partial charge on any atom is -0.507 e. The molecule has 0 radical (unpaired) electrons. The number of aryl methyl sites for hydroxylation is 1. The molecule has 7 aliphatic rings. The number of halogens is 11. The van der Waals surface area contributed by atoms with Crippen LogP contribution in [0.15, 0.2) is 115 Å². The van der Waals surface area contributed by atoms with E-state index >= 15 is 0 Å². The number of ether oxygens (including phenoxy) is 1. The number of aromatic carboxylic acids is 7. The molecule has 36 heteroatoms. The molecule has 8 N–H and O–H groups in total. The number of aromatic hydroxyl groups is 1. The molecule has 0 unspecified atom stereocenters. The number of carboxylic acid groups (broad SMARTS) is 7. The fraction of sp³-hybridized carbons (Fsp3) is 0.390. The second-order valence-electron chi connectivity index (χ2n) is 26.9. The molecule has 0 saturated carbocycles. The highest BCUT2D eigenvalue weighted by Gasteiger charge is 2.31. The van der Waals surface area contributed by atoms with E-state index in [0.29, 0.717) is 121 Å². The number of aromatic nitrogens is 2. The molecule has 7 fully saturated rings. The van der Waals surface area contributed by atoms with Gasteiger partial charge >= 0.3 is 41.8 Å². The Morgan fingerprint density at radius 2 is 0.832 bits per heavy atom. The van der Waals surface area contributed by atoms with Crippen LogP contribution >= 0.6 is 11.6 Å². The zero-order valence-electron chi connectivity index (χ0n) is 60.9. The molecule has 608 valence electrons. The number of anilines is 7. The van der Waals surface area contributed by atoms with Gasteiger partial charge in [-0.15, -0.1) is 0 Å². The smallest absolute Gasteiger partial charge is 0.354 e. The average Bonchev–Trinajstić information content (AvgIpc) is 1.85. The molecule has 25 nitrogen and oxygen atoms in total. The Labute approximate surface area is 646 Å². The number of hydrogen-bond donors (Lipinski definition) is 8. The molecule has 7 aliphatic heterocycles. The minimum absolute atomic E-state index is 0.00972. The van der Waals surface area contributed by atoms with Crippen molar-refractivity contribution in [3.05, 3.63) is 183 Å². The van der Waals surface area contributed by atoms with E-state index in [-0.39, 0.29) is 99.9 Å². The molecule has 113 heavy (non-hydrogen) atoms. The number of carboxylic acids is 7. The van der Waals surface area contributed by atoms with E-state index in [1.807, 2.05) is 22.8 Å². The average molecular weight is 1610 g/mol. The highest BCUT2D eigenvalue weighted by Crippen LogP contribution is 2.33. The van der Waals surface area contributed by atoms with Crippen LogP contribution in [0, 0.1) is 24.4 Å². The van der Waals surface area contributed by atoms with Crippen molar-refractivity contribution in [1.29, 1.82) is 0 Å². The third kappa shape index (κ3) is 24.5. The van der Waals surface area contributed by atoms with E-state index in [1.165, 1.54) is 54.5 Å². The lowest BCUT2D eigenvalue weighted by molar-refractivity contribution is 0.0680. The summed E-state index contributed by atoms with van der Waals surface area (Å²) in [5, 5.41) is 71.2. The number of phenols is 1. The number of hydrogen-bond acceptors (Lipinski definition) is 18. The Bertz CT molecular complexity index is 4550. The summed E-state index contributed by atoms with van der Waals surface area (Å²) in [5.41, 5.74) is 3.42. The molecule has 0 bridgehead atoms. The van der Waals surface area contributed by atoms with Crippen LogP contribution in [0.2, 0.25) is 5.15 Å². The van der Waals surface area contributed by atoms with Crippen molar-refractivity contribution in [2.75, 3.05) is 133 Å². The summed E-state index contributed by atoms with van der Waals surface area (Å²) < 4.78 is 136. The first-order valence-corrected chi connectivity index (χ1v) is 35.8. The van der Waals surface area contributed by atoms with Gasteiger partial charge in [-0.2, -0.15) is 0 Å². The molecule has 0 amide bonds. The van der Waals surface area contributed by atoms with Crippen LogP contribution in [0.3, 0.4) is 0 Å². The molecule has 9 heterocycles. The molecular weight excluding hydrogens is 1530 g/mol. The quantitative estimate of drug-likeness (QED) is 0.0349. The zero-order chi connectivity index (χ0) is 82.7. The topological polar surface area (TPSA) is 339 Å². The van der Waals surface area contributed by atoms with Gasteiger partial charge in [-0.1, -0.05) is 11.6 Å². The first-order valence-electron chi connectivity index (χ1n) is 35.5. The van der Waals surface area contributed by atoms with Gasteiger partial charge in [0, 0.05) is 95.6 Å². The third-order valence-corrected chi connectivity index (χ3v) is 19.0. The van der Waals surface area contributed by atoms with Gasteiger partial charge in [-0.3, -0.25) is 0 Å². The first kappa shape index (κ1) is 87.1. The van der Waals surface area contributed by atoms with E-state index in [9.17, 15) is 82.6 Å². The van der Waals surface area contributed by atoms with Crippen LogP contribution in [0.4, 0.5) is 84.0 Å². The number of benzene rings is 5. The van der Waals surface area contributed by atoms with Crippen molar-refractivity contribution < 1.29 is 123 Å². The Hall–Kier alpha value is -11.5. The van der Waals surface area contributed by atoms with Crippen LogP contribution < -0.4 is 39.0 Å². The summed E-state index contributed by atoms with van der Waals surface area (Å²) in [6, 6.07) is 26.5. The van der Waals surface area contributed by atoms with E-state index in [0.717, 1.165) is 47.3 Å². The largest absolute Gasteiger partial charge is 0.507 e. The lowest BCUT2D eigenvalue weighted by Gasteiger charge is -2.19. The van der Waals surface area contributed by atoms with Crippen LogP contribution in [0.1, 0.15) is 123 Å². The fourth-order valence-electron chi connectivity index (χ4n) is 13.0. The molecule has 14 rings (SSSR count). The van der Waals surface area contributed by atoms with E-state index in [1.54, 1.807) is 56.0 Å². The van der Waals surface area contributed by atoms with Crippen molar-refractivity contribution in [1.82, 2.24) is 9.97 Å². The highest BCUT2D eigenvalue weighted by molar-refractivity contribution is 6.32. The summed E-state index contributed by atoms with van der Waals surface area (Å²) in [4.78, 5) is 95.1. The lowest BCUT2D eigenvalue weighted by Crippen LogP contribution is -2.23. The van der Waals surface area contributed by atoms with Gasteiger partial charge in [-0.05, 0) is 173 Å². The first-order chi connectivity index (χ1) is 53.5.